The minimum Gasteiger partial charge on any atom is -0.435 e. The molecule has 1 unspecified atom stereocenters. The van der Waals surface area contributed by atoms with Crippen LogP contribution in [-0.4, -0.2) is 39.0 Å². The van der Waals surface area contributed by atoms with E-state index in [1.807, 2.05) is 6.26 Å². The van der Waals surface area contributed by atoms with Gasteiger partial charge in [-0.05, 0) is 67.0 Å². The quantitative estimate of drug-likeness (QED) is 0.555. The second-order valence-corrected chi connectivity index (χ2v) is 8.94. The van der Waals surface area contributed by atoms with Gasteiger partial charge in [0.2, 0.25) is 15.9 Å². The monoisotopic (exact) mass is 464 g/mol. The van der Waals surface area contributed by atoms with E-state index >= 15 is 0 Å². The molecule has 0 aromatic heterocycles. The molecular weight excluding hydrogens is 446 g/mol. The minimum absolute atomic E-state index is 0.0163. The smallest absolute Gasteiger partial charge is 0.387 e. The van der Waals surface area contributed by atoms with Gasteiger partial charge in [0.25, 0.3) is 0 Å². The van der Waals surface area contributed by atoms with Crippen LogP contribution in [0.4, 0.5) is 14.5 Å². The topological polar surface area (TPSA) is 84.5 Å². The van der Waals surface area contributed by atoms with Gasteiger partial charge >= 0.3 is 6.61 Å². The number of hydrogen-bond donors (Lipinski definition) is 2. The van der Waals surface area contributed by atoms with Crippen LogP contribution in [0, 0.1) is 0 Å². The number of sulfonamides is 1. The fourth-order valence-corrected chi connectivity index (χ4v) is 4.12. The van der Waals surface area contributed by atoms with Crippen LogP contribution in [0.25, 0.3) is 0 Å². The van der Waals surface area contributed by atoms with Crippen LogP contribution in [-0.2, 0) is 14.8 Å². The predicted molar refractivity (Wildman–Crippen MR) is 110 cm³/mol. The van der Waals surface area contributed by atoms with Gasteiger partial charge in [-0.2, -0.15) is 25.3 Å². The van der Waals surface area contributed by atoms with Gasteiger partial charge in [-0.1, -0.05) is 11.6 Å². The Hall–Kier alpha value is -1.88. The van der Waals surface area contributed by atoms with Gasteiger partial charge in [-0.15, -0.1) is 0 Å². The number of benzene rings is 2. The number of anilines is 1. The molecule has 6 nitrogen and oxygen atoms in total. The molecule has 2 aromatic rings. The summed E-state index contributed by atoms with van der Waals surface area (Å²) in [5.74, 6) is -0.0814. The SMILES string of the molecule is CSCCC(NS(=O)(=O)c1ccc(Cl)cc1)C(=O)Nc1ccc(OC(F)F)cc1. The number of carbonyl (C=O) groups is 1. The molecule has 0 saturated heterocycles. The van der Waals surface area contributed by atoms with Crippen molar-refractivity contribution >= 4 is 45.0 Å². The highest BCUT2D eigenvalue weighted by Crippen LogP contribution is 2.19. The normalized spacial score (nSPS) is 12.6. The summed E-state index contributed by atoms with van der Waals surface area (Å²) in [5.41, 5.74) is 0.316. The number of nitrogens with one attached hydrogen (secondary N) is 2. The lowest BCUT2D eigenvalue weighted by Crippen LogP contribution is -2.44. The molecule has 0 aliphatic rings. The third-order valence-electron chi connectivity index (χ3n) is 3.70. The molecule has 158 valence electrons. The first-order valence-electron chi connectivity index (χ1n) is 8.34. The van der Waals surface area contributed by atoms with Crippen LogP contribution in [0.15, 0.2) is 53.4 Å². The minimum atomic E-state index is -3.95. The number of halogens is 3. The van der Waals surface area contributed by atoms with Crippen LogP contribution in [0.5, 0.6) is 5.75 Å². The summed E-state index contributed by atoms with van der Waals surface area (Å²) in [5, 5.41) is 2.96. The number of rotatable bonds is 10. The average molecular weight is 465 g/mol. The molecular formula is C18H19ClF2N2O4S2. The molecule has 2 N–H and O–H groups in total. The molecule has 2 aromatic carbocycles. The van der Waals surface area contributed by atoms with Crippen molar-refractivity contribution in [3.63, 3.8) is 0 Å². The van der Waals surface area contributed by atoms with Crippen molar-refractivity contribution in [2.75, 3.05) is 17.3 Å². The summed E-state index contributed by atoms with van der Waals surface area (Å²) in [6, 6.07) is 9.86. The Morgan fingerprint density at radius 3 is 2.31 bits per heavy atom. The fourth-order valence-electron chi connectivity index (χ4n) is 2.30. The van der Waals surface area contributed by atoms with E-state index in [4.69, 9.17) is 11.6 Å². The number of carbonyl (C=O) groups excluding carboxylic acids is 1. The highest BCUT2D eigenvalue weighted by atomic mass is 35.5. The molecule has 0 fully saturated rings. The first-order chi connectivity index (χ1) is 13.7. The summed E-state index contributed by atoms with van der Waals surface area (Å²) in [4.78, 5) is 12.6. The van der Waals surface area contributed by atoms with Crippen molar-refractivity contribution < 1.29 is 26.7 Å². The summed E-state index contributed by atoms with van der Waals surface area (Å²) in [7, 11) is -3.95. The van der Waals surface area contributed by atoms with E-state index < -0.39 is 28.6 Å². The molecule has 0 spiro atoms. The standard InChI is InChI=1S/C18H19ClF2N2O4S2/c1-28-11-10-16(23-29(25,26)15-8-2-12(19)3-9-15)17(24)22-13-4-6-14(7-5-13)27-18(20)21/h2-9,16,18,23H,10-11H2,1H3,(H,22,24). The summed E-state index contributed by atoms with van der Waals surface area (Å²) in [6.45, 7) is -2.95. The first kappa shape index (κ1) is 23.4. The molecule has 1 amide bonds. The number of thioether (sulfide) groups is 1. The average Bonchev–Trinajstić information content (AvgIpc) is 2.66. The van der Waals surface area contributed by atoms with Gasteiger partial charge in [-0.25, -0.2) is 8.42 Å². The molecule has 0 radical (unpaired) electrons. The maximum Gasteiger partial charge on any atom is 0.387 e. The van der Waals surface area contributed by atoms with E-state index in [2.05, 4.69) is 14.8 Å². The Morgan fingerprint density at radius 2 is 1.76 bits per heavy atom. The molecule has 1 atom stereocenters. The molecule has 0 saturated carbocycles. The van der Waals surface area contributed by atoms with Crippen LogP contribution in [0.2, 0.25) is 5.02 Å². The van der Waals surface area contributed by atoms with Crippen molar-refractivity contribution in [1.82, 2.24) is 4.72 Å². The highest BCUT2D eigenvalue weighted by Gasteiger charge is 2.25. The third-order valence-corrected chi connectivity index (χ3v) is 6.08. The van der Waals surface area contributed by atoms with E-state index in [-0.39, 0.29) is 17.1 Å². The van der Waals surface area contributed by atoms with E-state index in [0.29, 0.717) is 16.5 Å². The zero-order valence-corrected chi connectivity index (χ0v) is 17.7. The Balaban J connectivity index is 2.12. The number of hydrogen-bond acceptors (Lipinski definition) is 5. The van der Waals surface area contributed by atoms with Crippen molar-refractivity contribution in [2.45, 2.75) is 24.0 Å². The first-order valence-corrected chi connectivity index (χ1v) is 11.6. The maximum absolute atomic E-state index is 12.6. The van der Waals surface area contributed by atoms with Crippen LogP contribution >= 0.6 is 23.4 Å². The summed E-state index contributed by atoms with van der Waals surface area (Å²) in [6.07, 6.45) is 2.09. The zero-order chi connectivity index (χ0) is 21.4. The van der Waals surface area contributed by atoms with Crippen molar-refractivity contribution in [3.05, 3.63) is 53.6 Å². The summed E-state index contributed by atoms with van der Waals surface area (Å²) >= 11 is 7.25. The Morgan fingerprint density at radius 1 is 1.14 bits per heavy atom. The van der Waals surface area contributed by atoms with Gasteiger partial charge < -0.3 is 10.1 Å². The van der Waals surface area contributed by atoms with Crippen LogP contribution < -0.4 is 14.8 Å². The Kier molecular flexibility index (Phi) is 8.69. The molecule has 0 aliphatic heterocycles. The van der Waals surface area contributed by atoms with Gasteiger partial charge in [0, 0.05) is 10.7 Å². The number of ether oxygens (including phenoxy) is 1. The van der Waals surface area contributed by atoms with Gasteiger partial charge in [0.1, 0.15) is 11.8 Å². The molecule has 0 heterocycles. The molecule has 0 bridgehead atoms. The zero-order valence-electron chi connectivity index (χ0n) is 15.3. The third kappa shape index (κ3) is 7.46. The lowest BCUT2D eigenvalue weighted by molar-refractivity contribution is -0.117. The van der Waals surface area contributed by atoms with E-state index in [1.54, 1.807) is 0 Å². The van der Waals surface area contributed by atoms with Crippen LogP contribution in [0.1, 0.15) is 6.42 Å². The summed E-state index contributed by atoms with van der Waals surface area (Å²) < 4.78 is 56.3. The van der Waals surface area contributed by atoms with Crippen LogP contribution in [0.3, 0.4) is 0 Å². The Labute approximate surface area is 177 Å². The van der Waals surface area contributed by atoms with Crippen molar-refractivity contribution in [2.24, 2.45) is 0 Å². The Bertz CT molecular complexity index is 910. The lowest BCUT2D eigenvalue weighted by Gasteiger charge is -2.18. The second kappa shape index (κ2) is 10.8. The van der Waals surface area contributed by atoms with Crippen molar-refractivity contribution in [3.8, 4) is 5.75 Å². The van der Waals surface area contributed by atoms with Gasteiger partial charge in [-0.3, -0.25) is 4.79 Å². The predicted octanol–water partition coefficient (Wildman–Crippen LogP) is 3.98. The number of alkyl halides is 2. The molecule has 11 heteroatoms. The molecule has 29 heavy (non-hydrogen) atoms. The second-order valence-electron chi connectivity index (χ2n) is 5.80. The van der Waals surface area contributed by atoms with Gasteiger partial charge in [0.15, 0.2) is 0 Å². The van der Waals surface area contributed by atoms with E-state index in [9.17, 15) is 22.0 Å². The van der Waals surface area contributed by atoms with E-state index in [1.165, 1.54) is 60.3 Å². The fraction of sp³-hybridized carbons (Fsp3) is 0.278. The van der Waals surface area contributed by atoms with Crippen molar-refractivity contribution in [1.29, 1.82) is 0 Å². The largest absolute Gasteiger partial charge is 0.435 e. The highest BCUT2D eigenvalue weighted by molar-refractivity contribution is 7.98. The van der Waals surface area contributed by atoms with Gasteiger partial charge in [0.05, 0.1) is 4.90 Å². The molecule has 0 aliphatic carbocycles. The molecule has 2 rings (SSSR count). The maximum atomic E-state index is 12.6. The number of amides is 1. The lowest BCUT2D eigenvalue weighted by atomic mass is 10.2. The van der Waals surface area contributed by atoms with E-state index in [0.717, 1.165) is 0 Å².